The number of anilines is 1. The van der Waals surface area contributed by atoms with Crippen LogP contribution in [0.4, 0.5) is 5.95 Å². The first-order chi connectivity index (χ1) is 17.1. The van der Waals surface area contributed by atoms with Gasteiger partial charge in [0.15, 0.2) is 11.2 Å². The topological polar surface area (TPSA) is 155 Å². The summed E-state index contributed by atoms with van der Waals surface area (Å²) in [5.41, 5.74) is 6.92. The number of nitrogens with two attached hydrogens (primary N) is 1. The van der Waals surface area contributed by atoms with Crippen LogP contribution < -0.4 is 15.0 Å². The van der Waals surface area contributed by atoms with Crippen LogP contribution in [-0.2, 0) is 13.9 Å². The molecule has 1 fully saturated rings. The van der Waals surface area contributed by atoms with Gasteiger partial charge >= 0.3 is 13.7 Å². The Balaban J connectivity index is 1.47. The molecule has 2 atom stereocenters. The van der Waals surface area contributed by atoms with E-state index in [-0.39, 0.29) is 31.1 Å². The average Bonchev–Trinajstić information content (AvgIpc) is 3.22. The van der Waals surface area contributed by atoms with E-state index in [2.05, 4.69) is 30.9 Å². The van der Waals surface area contributed by atoms with Crippen molar-refractivity contribution in [2.75, 3.05) is 26.0 Å². The number of ether oxygens (including phenoxy) is 1. The van der Waals surface area contributed by atoms with Gasteiger partial charge in [0.2, 0.25) is 11.8 Å². The quantitative estimate of drug-likeness (QED) is 0.313. The Bertz CT molecular complexity index is 1280. The molecule has 0 amide bonds. The summed E-state index contributed by atoms with van der Waals surface area (Å²) in [5, 5.41) is 9.55. The Kier molecular flexibility index (Phi) is 7.84. The highest BCUT2D eigenvalue weighted by Crippen LogP contribution is 2.54. The van der Waals surface area contributed by atoms with Crippen molar-refractivity contribution < 1.29 is 28.3 Å². The lowest BCUT2D eigenvalue weighted by Crippen LogP contribution is -2.39. The standard InChI is InChI=1S/C22H28BrN6O6P/c1-4-29(13(2)21(30)31)36(32,35-17-7-5-15(23)6-8-17)34-11-14-9-16(10-14)28-12-25-18-19(28)26-22(24)27-20(18)33-3/h5-8,12-14,16H,4,9-11H2,1-3H3,(H,30,31)(H2,24,26,27)/t13?,14-,16+,36?. The van der Waals surface area contributed by atoms with Crippen molar-refractivity contribution in [3.63, 3.8) is 0 Å². The second kappa shape index (κ2) is 10.7. The zero-order chi connectivity index (χ0) is 26.0. The number of likely N-dealkylation sites (N-methyl/N-ethyl adjacent to an activating group) is 1. The number of hydrogen-bond donors (Lipinski definition) is 2. The van der Waals surface area contributed by atoms with Crippen LogP contribution in [0.15, 0.2) is 35.1 Å². The molecule has 3 aromatic rings. The molecule has 1 aromatic carbocycles. The molecular weight excluding hydrogens is 555 g/mol. The minimum atomic E-state index is -3.98. The highest BCUT2D eigenvalue weighted by Gasteiger charge is 2.42. The smallest absolute Gasteiger partial charge is 0.462 e. The van der Waals surface area contributed by atoms with Gasteiger partial charge in [0.1, 0.15) is 11.8 Å². The van der Waals surface area contributed by atoms with Crippen molar-refractivity contribution in [3.8, 4) is 11.6 Å². The van der Waals surface area contributed by atoms with Gasteiger partial charge in [-0.2, -0.15) is 14.6 Å². The molecule has 1 aliphatic rings. The molecule has 36 heavy (non-hydrogen) atoms. The van der Waals surface area contributed by atoms with Crippen LogP contribution >= 0.6 is 23.7 Å². The Morgan fingerprint density at radius 3 is 2.64 bits per heavy atom. The molecule has 12 nitrogen and oxygen atoms in total. The van der Waals surface area contributed by atoms with Gasteiger partial charge in [-0.1, -0.05) is 22.9 Å². The van der Waals surface area contributed by atoms with Crippen LogP contribution in [-0.4, -0.2) is 61.6 Å². The van der Waals surface area contributed by atoms with Crippen molar-refractivity contribution >= 4 is 46.8 Å². The van der Waals surface area contributed by atoms with Crippen molar-refractivity contribution in [2.45, 2.75) is 38.8 Å². The SMILES string of the molecule is CCN(C(C)C(=O)O)P(=O)(OC[C@H]1C[C@@H](n2cnc3c(OC)nc(N)nc32)C1)Oc1ccc(Br)cc1. The average molecular weight is 583 g/mol. The largest absolute Gasteiger partial charge is 0.480 e. The molecule has 0 radical (unpaired) electrons. The van der Waals surface area contributed by atoms with Crippen LogP contribution in [0.2, 0.25) is 0 Å². The number of aromatic nitrogens is 4. The Morgan fingerprint density at radius 1 is 1.33 bits per heavy atom. The van der Waals surface area contributed by atoms with E-state index < -0.39 is 19.8 Å². The zero-order valence-corrected chi connectivity index (χ0v) is 22.6. The second-order valence-corrected chi connectivity index (χ2v) is 11.3. The summed E-state index contributed by atoms with van der Waals surface area (Å²) in [4.78, 5) is 24.4. The molecule has 2 heterocycles. The minimum Gasteiger partial charge on any atom is -0.480 e. The molecule has 0 saturated heterocycles. The normalized spacial score (nSPS) is 20.0. The zero-order valence-electron chi connectivity index (χ0n) is 20.1. The molecule has 194 valence electrons. The highest BCUT2D eigenvalue weighted by atomic mass is 79.9. The van der Waals surface area contributed by atoms with E-state index >= 15 is 0 Å². The van der Waals surface area contributed by atoms with E-state index in [9.17, 15) is 14.5 Å². The van der Waals surface area contributed by atoms with E-state index in [0.717, 1.165) is 17.3 Å². The molecule has 4 rings (SSSR count). The summed E-state index contributed by atoms with van der Waals surface area (Å²) < 4.78 is 34.9. The lowest BCUT2D eigenvalue weighted by Gasteiger charge is -2.38. The van der Waals surface area contributed by atoms with Gasteiger partial charge in [-0.15, -0.1) is 0 Å². The fourth-order valence-corrected chi connectivity index (χ4v) is 6.37. The third-order valence-electron chi connectivity index (χ3n) is 6.16. The molecule has 0 bridgehead atoms. The van der Waals surface area contributed by atoms with Crippen LogP contribution in [0.25, 0.3) is 11.2 Å². The number of aliphatic carboxylic acids is 1. The van der Waals surface area contributed by atoms with Gasteiger partial charge in [0.05, 0.1) is 20.0 Å². The molecule has 3 N–H and O–H groups in total. The number of carboxylic acids is 1. The van der Waals surface area contributed by atoms with Gasteiger partial charge in [0, 0.05) is 17.1 Å². The van der Waals surface area contributed by atoms with Crippen LogP contribution in [0.3, 0.4) is 0 Å². The molecule has 0 aliphatic heterocycles. The van der Waals surface area contributed by atoms with Gasteiger partial charge in [0.25, 0.3) is 0 Å². The minimum absolute atomic E-state index is 0.0780. The molecular formula is C22H28BrN6O6P. The number of halogens is 1. The van der Waals surface area contributed by atoms with Gasteiger partial charge in [-0.3, -0.25) is 9.32 Å². The number of methoxy groups -OCH3 is 1. The Labute approximate surface area is 216 Å². The predicted octanol–water partition coefficient (Wildman–Crippen LogP) is 4.13. The first kappa shape index (κ1) is 26.3. The molecule has 1 saturated carbocycles. The van der Waals surface area contributed by atoms with Crippen LogP contribution in [0.1, 0.15) is 32.7 Å². The van der Waals surface area contributed by atoms with Crippen molar-refractivity contribution in [1.29, 1.82) is 0 Å². The third kappa shape index (κ3) is 5.34. The van der Waals surface area contributed by atoms with Crippen LogP contribution in [0.5, 0.6) is 11.6 Å². The van der Waals surface area contributed by atoms with Crippen LogP contribution in [0, 0.1) is 5.92 Å². The summed E-state index contributed by atoms with van der Waals surface area (Å²) in [6.45, 7) is 3.47. The summed E-state index contributed by atoms with van der Waals surface area (Å²) in [6, 6.07) is 5.80. The maximum atomic E-state index is 13.9. The van der Waals surface area contributed by atoms with E-state index in [1.165, 1.54) is 18.7 Å². The van der Waals surface area contributed by atoms with Crippen molar-refractivity contribution in [2.24, 2.45) is 5.92 Å². The number of rotatable bonds is 11. The first-order valence-electron chi connectivity index (χ1n) is 11.4. The molecule has 2 aromatic heterocycles. The predicted molar refractivity (Wildman–Crippen MR) is 136 cm³/mol. The third-order valence-corrected chi connectivity index (χ3v) is 8.86. The number of hydrogen-bond acceptors (Lipinski definition) is 9. The summed E-state index contributed by atoms with van der Waals surface area (Å²) >= 11 is 3.35. The van der Waals surface area contributed by atoms with E-state index in [0.29, 0.717) is 22.8 Å². The van der Waals surface area contributed by atoms with E-state index in [1.54, 1.807) is 37.5 Å². The second-order valence-electron chi connectivity index (χ2n) is 8.49. The lowest BCUT2D eigenvalue weighted by molar-refractivity contribution is -0.141. The highest BCUT2D eigenvalue weighted by molar-refractivity contribution is 9.10. The Morgan fingerprint density at radius 2 is 2.03 bits per heavy atom. The maximum Gasteiger partial charge on any atom is 0.462 e. The monoisotopic (exact) mass is 582 g/mol. The van der Waals surface area contributed by atoms with E-state index in [4.69, 9.17) is 19.5 Å². The van der Waals surface area contributed by atoms with Gasteiger partial charge in [-0.25, -0.2) is 9.55 Å². The fourth-order valence-electron chi connectivity index (χ4n) is 4.15. The van der Waals surface area contributed by atoms with Crippen molar-refractivity contribution in [1.82, 2.24) is 24.2 Å². The fraction of sp³-hybridized carbons (Fsp3) is 0.455. The Hall–Kier alpha value is -2.73. The lowest BCUT2D eigenvalue weighted by atomic mass is 9.81. The number of nitrogen functional groups attached to an aromatic ring is 1. The number of carbonyl (C=O) groups is 1. The van der Waals surface area contributed by atoms with Gasteiger partial charge in [-0.05, 0) is 49.9 Å². The molecule has 2 unspecified atom stereocenters. The summed E-state index contributed by atoms with van der Waals surface area (Å²) in [5.74, 6) is -0.311. The van der Waals surface area contributed by atoms with Gasteiger partial charge < -0.3 is 24.7 Å². The summed E-state index contributed by atoms with van der Waals surface area (Å²) in [6.07, 6.45) is 3.12. The van der Waals surface area contributed by atoms with E-state index in [1.807, 2.05) is 4.57 Å². The molecule has 14 heteroatoms. The number of nitrogens with zero attached hydrogens (tertiary/aromatic N) is 5. The van der Waals surface area contributed by atoms with Crippen molar-refractivity contribution in [3.05, 3.63) is 35.1 Å². The molecule has 1 aliphatic carbocycles. The first-order valence-corrected chi connectivity index (χ1v) is 13.7. The summed E-state index contributed by atoms with van der Waals surface area (Å²) in [7, 11) is -2.49. The number of fused-ring (bicyclic) bond motifs is 1. The molecule has 0 spiro atoms. The number of benzene rings is 1. The number of carboxylic acid groups (broad SMARTS) is 1. The maximum absolute atomic E-state index is 13.9. The number of imidazole rings is 1.